The molecule has 4 rings (SSSR count). The third kappa shape index (κ3) is 5.55. The zero-order chi connectivity index (χ0) is 23.9. The Morgan fingerprint density at radius 2 is 1.74 bits per heavy atom. The second-order valence-corrected chi connectivity index (χ2v) is 8.91. The summed E-state index contributed by atoms with van der Waals surface area (Å²) in [4.78, 5) is 15.4. The van der Waals surface area contributed by atoms with E-state index in [9.17, 15) is 4.79 Å². The van der Waals surface area contributed by atoms with Gasteiger partial charge in [-0.3, -0.25) is 4.79 Å². The van der Waals surface area contributed by atoms with E-state index in [1.54, 1.807) is 7.11 Å². The van der Waals surface area contributed by atoms with E-state index in [1.807, 2.05) is 41.2 Å². The first-order valence-electron chi connectivity index (χ1n) is 11.9. The smallest absolute Gasteiger partial charge is 0.297 e. The highest BCUT2D eigenvalue weighted by molar-refractivity contribution is 5.92. The summed E-state index contributed by atoms with van der Waals surface area (Å²) in [5, 5.41) is 12.4. The van der Waals surface area contributed by atoms with Crippen LogP contribution in [-0.4, -0.2) is 59.9 Å². The van der Waals surface area contributed by atoms with E-state index in [0.717, 1.165) is 48.2 Å². The van der Waals surface area contributed by atoms with E-state index < -0.39 is 0 Å². The Hall–Kier alpha value is -3.00. The van der Waals surface area contributed by atoms with Crippen molar-refractivity contribution in [3.05, 3.63) is 77.9 Å². The number of nitrogens with zero attached hydrogens (tertiary/aromatic N) is 3. The molecule has 0 atom stereocenters. The van der Waals surface area contributed by atoms with Crippen LogP contribution in [0.15, 0.2) is 61.1 Å². The highest BCUT2D eigenvalue weighted by atomic mass is 16.5. The van der Waals surface area contributed by atoms with Crippen LogP contribution in [0.5, 0.6) is 0 Å². The van der Waals surface area contributed by atoms with Gasteiger partial charge < -0.3 is 20.1 Å². The minimum Gasteiger partial charge on any atom is -0.395 e. The Morgan fingerprint density at radius 1 is 1.09 bits per heavy atom. The monoisotopic (exact) mass is 463 g/mol. The first-order chi connectivity index (χ1) is 16.6. The fraction of sp³-hybridized carbons (Fsp3) is 0.407. The Kier molecular flexibility index (Phi) is 8.11. The van der Waals surface area contributed by atoms with Crippen LogP contribution >= 0.6 is 0 Å². The lowest BCUT2D eigenvalue weighted by Crippen LogP contribution is -2.46. The summed E-state index contributed by atoms with van der Waals surface area (Å²) in [5.74, 6) is 0.0680. The summed E-state index contributed by atoms with van der Waals surface area (Å²) >= 11 is 0. The molecule has 2 aromatic carbocycles. The molecule has 1 aromatic heterocycles. The maximum absolute atomic E-state index is 13.5. The van der Waals surface area contributed by atoms with Crippen LogP contribution in [-0.2, 0) is 24.9 Å². The number of carbonyl (C=O) groups is 1. The van der Waals surface area contributed by atoms with Gasteiger partial charge in [-0.25, -0.2) is 9.13 Å². The molecule has 180 valence electrons. The third-order valence-electron chi connectivity index (χ3n) is 6.47. The van der Waals surface area contributed by atoms with Crippen LogP contribution in [0.25, 0.3) is 11.1 Å². The molecular formula is C27H35N4O3+. The van der Waals surface area contributed by atoms with Crippen molar-refractivity contribution >= 4 is 5.91 Å². The normalized spacial score (nSPS) is 14.5. The highest BCUT2D eigenvalue weighted by Gasteiger charge is 2.29. The number of methoxy groups -OCH3 is 1. The maximum atomic E-state index is 13.5. The number of piperidine rings is 1. The summed E-state index contributed by atoms with van der Waals surface area (Å²) in [6, 6.07) is 17.0. The van der Waals surface area contributed by atoms with Crippen molar-refractivity contribution in [2.24, 2.45) is 7.05 Å². The number of hydrogen-bond acceptors (Lipinski definition) is 4. The number of likely N-dealkylation sites (tertiary alicyclic amines) is 1. The Balaban J connectivity index is 1.56. The first kappa shape index (κ1) is 24.1. The number of hydrogen-bond donors (Lipinski definition) is 2. The van der Waals surface area contributed by atoms with Crippen LogP contribution in [0.4, 0.5) is 0 Å². The number of carbonyl (C=O) groups excluding carboxylic acids is 1. The Morgan fingerprint density at radius 3 is 2.41 bits per heavy atom. The molecular weight excluding hydrogens is 428 g/mol. The number of rotatable bonds is 9. The largest absolute Gasteiger partial charge is 0.395 e. The van der Waals surface area contributed by atoms with Crippen molar-refractivity contribution in [3.8, 4) is 11.1 Å². The summed E-state index contributed by atoms with van der Waals surface area (Å²) in [5.41, 5.74) is 5.31. The molecule has 0 radical (unpaired) electrons. The summed E-state index contributed by atoms with van der Waals surface area (Å²) in [6.45, 7) is 3.34. The van der Waals surface area contributed by atoms with E-state index in [4.69, 9.17) is 9.84 Å². The van der Waals surface area contributed by atoms with E-state index in [2.05, 4.69) is 46.3 Å². The Labute approximate surface area is 201 Å². The average molecular weight is 464 g/mol. The standard InChI is InChI=1S/C27H35N4O3/c1-29-18-26(27(33)30-14-11-23(12-15-30)28-13-16-32)31(20-29)17-21-7-3-5-9-24(21)25-10-6-4-8-22(25)19-34-2/h3-10,18,20,23,28,32H,11-17,19H2,1-2H3/q+1. The van der Waals surface area contributed by atoms with Crippen molar-refractivity contribution in [2.45, 2.75) is 32.0 Å². The van der Waals surface area contributed by atoms with Crippen LogP contribution < -0.4 is 9.88 Å². The molecule has 7 heteroatoms. The second kappa shape index (κ2) is 11.4. The van der Waals surface area contributed by atoms with Gasteiger partial charge in [0.25, 0.3) is 5.91 Å². The number of aliphatic hydroxyl groups is 1. The van der Waals surface area contributed by atoms with E-state index in [-0.39, 0.29) is 12.5 Å². The number of imidazole rings is 1. The van der Waals surface area contributed by atoms with Crippen molar-refractivity contribution < 1.29 is 19.2 Å². The molecule has 7 nitrogen and oxygen atoms in total. The van der Waals surface area contributed by atoms with Crippen molar-refractivity contribution in [1.82, 2.24) is 14.8 Å². The fourth-order valence-corrected chi connectivity index (χ4v) is 4.77. The van der Waals surface area contributed by atoms with Gasteiger partial charge in [-0.05, 0) is 29.5 Å². The van der Waals surface area contributed by atoms with E-state index in [0.29, 0.717) is 31.4 Å². The molecule has 2 heterocycles. The molecule has 1 fully saturated rings. The number of aliphatic hydroxyl groups excluding tert-OH is 1. The molecule has 0 saturated carbocycles. The zero-order valence-electron chi connectivity index (χ0n) is 20.1. The average Bonchev–Trinajstić information content (AvgIpc) is 3.23. The van der Waals surface area contributed by atoms with Gasteiger partial charge in [0, 0.05) is 38.3 Å². The lowest BCUT2D eigenvalue weighted by molar-refractivity contribution is -0.671. The van der Waals surface area contributed by atoms with Gasteiger partial charge in [0.15, 0.2) is 0 Å². The lowest BCUT2D eigenvalue weighted by Gasteiger charge is -2.31. The van der Waals surface area contributed by atoms with Crippen LogP contribution in [0, 0.1) is 0 Å². The molecule has 0 unspecified atom stereocenters. The van der Waals surface area contributed by atoms with Crippen LogP contribution in [0.1, 0.15) is 34.5 Å². The van der Waals surface area contributed by atoms with E-state index >= 15 is 0 Å². The number of ether oxygens (including phenoxy) is 1. The minimum atomic E-state index is 0.0680. The van der Waals surface area contributed by atoms with Gasteiger partial charge in [0.05, 0.1) is 20.3 Å². The van der Waals surface area contributed by atoms with Gasteiger partial charge in [-0.15, -0.1) is 0 Å². The molecule has 1 saturated heterocycles. The molecule has 0 spiro atoms. The van der Waals surface area contributed by atoms with Gasteiger partial charge in [0.2, 0.25) is 12.0 Å². The first-order valence-corrected chi connectivity index (χ1v) is 11.9. The predicted octanol–water partition coefficient (Wildman–Crippen LogP) is 2.36. The predicted molar refractivity (Wildman–Crippen MR) is 131 cm³/mol. The number of benzene rings is 2. The molecule has 1 aliphatic heterocycles. The fourth-order valence-electron chi connectivity index (χ4n) is 4.77. The van der Waals surface area contributed by atoms with Crippen molar-refractivity contribution in [1.29, 1.82) is 0 Å². The van der Waals surface area contributed by atoms with Crippen molar-refractivity contribution in [3.63, 3.8) is 0 Å². The lowest BCUT2D eigenvalue weighted by atomic mass is 9.95. The summed E-state index contributed by atoms with van der Waals surface area (Å²) < 4.78 is 9.42. The van der Waals surface area contributed by atoms with E-state index in [1.165, 1.54) is 0 Å². The summed E-state index contributed by atoms with van der Waals surface area (Å²) in [7, 11) is 3.67. The summed E-state index contributed by atoms with van der Waals surface area (Å²) in [6.07, 6.45) is 5.70. The SMILES string of the molecule is COCc1ccccc1-c1ccccc1Cn1c[n+](C)cc1C(=O)N1CCC(NCCO)CC1. The van der Waals surface area contributed by atoms with Gasteiger partial charge in [-0.1, -0.05) is 48.5 Å². The maximum Gasteiger partial charge on any atom is 0.297 e. The topological polar surface area (TPSA) is 70.6 Å². The Bertz CT molecular complexity index is 1100. The number of amides is 1. The molecule has 0 bridgehead atoms. The van der Waals surface area contributed by atoms with Crippen LogP contribution in [0.3, 0.4) is 0 Å². The van der Waals surface area contributed by atoms with Gasteiger partial charge in [0.1, 0.15) is 12.7 Å². The molecule has 0 aliphatic carbocycles. The minimum absolute atomic E-state index is 0.0680. The molecule has 3 aromatic rings. The zero-order valence-corrected chi connectivity index (χ0v) is 20.1. The molecule has 1 aliphatic rings. The van der Waals surface area contributed by atoms with Gasteiger partial charge >= 0.3 is 0 Å². The highest BCUT2D eigenvalue weighted by Crippen LogP contribution is 2.28. The second-order valence-electron chi connectivity index (χ2n) is 8.91. The van der Waals surface area contributed by atoms with Crippen LogP contribution in [0.2, 0.25) is 0 Å². The van der Waals surface area contributed by atoms with Gasteiger partial charge in [-0.2, -0.15) is 0 Å². The quantitative estimate of drug-likeness (QED) is 0.478. The number of nitrogens with one attached hydrogen (secondary N) is 1. The van der Waals surface area contributed by atoms with Crippen molar-refractivity contribution in [2.75, 3.05) is 33.4 Å². The molecule has 1 amide bonds. The molecule has 2 N–H and O–H groups in total. The molecule has 34 heavy (non-hydrogen) atoms. The third-order valence-corrected chi connectivity index (χ3v) is 6.47. The number of aromatic nitrogens is 2. The number of aryl methyl sites for hydroxylation is 1.